The summed E-state index contributed by atoms with van der Waals surface area (Å²) in [7, 11) is -1.17. The molecule has 32 heavy (non-hydrogen) atoms. The Bertz CT molecular complexity index is 1190. The zero-order valence-corrected chi connectivity index (χ0v) is 19.9. The summed E-state index contributed by atoms with van der Waals surface area (Å²) in [6.07, 6.45) is 5.87. The lowest BCUT2D eigenvalue weighted by Crippen LogP contribution is -2.40. The summed E-state index contributed by atoms with van der Waals surface area (Å²) >= 11 is 0. The molecule has 2 aromatic rings. The highest BCUT2D eigenvalue weighted by Gasteiger charge is 2.45. The number of rotatable bonds is 5. The Hall–Kier alpha value is -2.45. The number of carbonyl (C=O) groups excluding carboxylic acids is 1. The highest BCUT2D eigenvalue weighted by Crippen LogP contribution is 2.43. The Balaban J connectivity index is 1.40. The first kappa shape index (κ1) is 21.4. The van der Waals surface area contributed by atoms with Crippen molar-refractivity contribution in [3.05, 3.63) is 53.3 Å². The van der Waals surface area contributed by atoms with E-state index in [0.29, 0.717) is 13.1 Å². The average Bonchev–Trinajstić information content (AvgIpc) is 3.46. The molecule has 1 saturated heterocycles. The molecule has 0 radical (unpaired) electrons. The number of carbonyl (C=O) groups is 1. The Morgan fingerprint density at radius 1 is 1.12 bits per heavy atom. The van der Waals surface area contributed by atoms with Gasteiger partial charge in [-0.25, -0.2) is 8.42 Å². The molecule has 2 fully saturated rings. The SMILES string of the molecule is Cc1ccc2c(c1)C(C)(C)N(c1cncc(N(C)C3CCN(S(=O)(=O)C4CC4)C3)c1)C2=O. The van der Waals surface area contributed by atoms with Crippen molar-refractivity contribution in [1.82, 2.24) is 9.29 Å². The Kier molecular flexibility index (Phi) is 4.87. The lowest BCUT2D eigenvalue weighted by atomic mass is 9.92. The van der Waals surface area contributed by atoms with Gasteiger partial charge in [0.05, 0.1) is 34.6 Å². The summed E-state index contributed by atoms with van der Waals surface area (Å²) in [6.45, 7) is 7.22. The van der Waals surface area contributed by atoms with Crippen LogP contribution in [0.15, 0.2) is 36.7 Å². The fourth-order valence-corrected chi connectivity index (χ4v) is 6.96. The quantitative estimate of drug-likeness (QED) is 0.693. The number of hydrogen-bond acceptors (Lipinski definition) is 5. The average molecular weight is 455 g/mol. The van der Waals surface area contributed by atoms with Gasteiger partial charge in [-0.3, -0.25) is 14.7 Å². The minimum Gasteiger partial charge on any atom is -0.369 e. The summed E-state index contributed by atoms with van der Waals surface area (Å²) in [5.41, 5.74) is 4.03. The second-order valence-electron chi connectivity index (χ2n) is 9.81. The monoisotopic (exact) mass is 454 g/mol. The number of pyridine rings is 1. The van der Waals surface area contributed by atoms with Gasteiger partial charge in [-0.05, 0) is 57.7 Å². The van der Waals surface area contributed by atoms with E-state index in [1.54, 1.807) is 16.7 Å². The van der Waals surface area contributed by atoms with Gasteiger partial charge in [0, 0.05) is 31.7 Å². The van der Waals surface area contributed by atoms with E-state index >= 15 is 0 Å². The van der Waals surface area contributed by atoms with E-state index < -0.39 is 15.6 Å². The number of amides is 1. The van der Waals surface area contributed by atoms with E-state index in [9.17, 15) is 13.2 Å². The second kappa shape index (κ2) is 7.28. The van der Waals surface area contributed by atoms with Crippen LogP contribution in [0.5, 0.6) is 0 Å². The van der Waals surface area contributed by atoms with Gasteiger partial charge in [-0.2, -0.15) is 4.31 Å². The van der Waals surface area contributed by atoms with Crippen molar-refractivity contribution in [2.45, 2.75) is 56.9 Å². The van der Waals surface area contributed by atoms with Crippen LogP contribution >= 0.6 is 0 Å². The van der Waals surface area contributed by atoms with Gasteiger partial charge in [0.15, 0.2) is 0 Å². The van der Waals surface area contributed by atoms with Crippen molar-refractivity contribution in [2.24, 2.45) is 0 Å². The fourth-order valence-electron chi connectivity index (χ4n) is 5.06. The van der Waals surface area contributed by atoms with Crippen LogP contribution < -0.4 is 9.80 Å². The number of likely N-dealkylation sites (N-methyl/N-ethyl adjacent to an activating group) is 1. The molecule has 3 heterocycles. The molecule has 1 amide bonds. The van der Waals surface area contributed by atoms with Gasteiger partial charge >= 0.3 is 0 Å². The summed E-state index contributed by atoms with van der Waals surface area (Å²) in [6, 6.07) is 8.04. The Morgan fingerprint density at radius 3 is 2.59 bits per heavy atom. The molecule has 170 valence electrons. The number of anilines is 2. The molecule has 1 aromatic heterocycles. The maximum Gasteiger partial charge on any atom is 0.259 e. The van der Waals surface area contributed by atoms with E-state index in [0.717, 1.165) is 47.3 Å². The van der Waals surface area contributed by atoms with Crippen LogP contribution in [-0.4, -0.2) is 55.0 Å². The molecule has 7 nitrogen and oxygen atoms in total. The summed E-state index contributed by atoms with van der Waals surface area (Å²) in [4.78, 5) is 21.7. The zero-order chi connectivity index (χ0) is 22.8. The largest absolute Gasteiger partial charge is 0.369 e. The molecule has 1 aliphatic carbocycles. The predicted molar refractivity (Wildman–Crippen MR) is 126 cm³/mol. The zero-order valence-electron chi connectivity index (χ0n) is 19.1. The molecule has 0 spiro atoms. The number of nitrogens with zero attached hydrogens (tertiary/aromatic N) is 4. The van der Waals surface area contributed by atoms with Crippen molar-refractivity contribution in [3.8, 4) is 0 Å². The van der Waals surface area contributed by atoms with Crippen LogP contribution in [0.25, 0.3) is 0 Å². The first-order valence-electron chi connectivity index (χ1n) is 11.2. The van der Waals surface area contributed by atoms with Gasteiger partial charge in [-0.1, -0.05) is 17.7 Å². The number of fused-ring (bicyclic) bond motifs is 1. The van der Waals surface area contributed by atoms with Crippen molar-refractivity contribution < 1.29 is 13.2 Å². The fraction of sp³-hybridized carbons (Fsp3) is 0.500. The molecule has 8 heteroatoms. The molecular formula is C24H30N4O3S. The molecule has 5 rings (SSSR count). The third-order valence-electron chi connectivity index (χ3n) is 7.18. The van der Waals surface area contributed by atoms with E-state index in [1.807, 2.05) is 37.1 Å². The maximum atomic E-state index is 13.3. The van der Waals surface area contributed by atoms with Crippen LogP contribution in [0.1, 0.15) is 54.6 Å². The number of aryl methyl sites for hydroxylation is 1. The van der Waals surface area contributed by atoms with Gasteiger partial charge in [-0.15, -0.1) is 0 Å². The molecule has 0 N–H and O–H groups in total. The predicted octanol–water partition coefficient (Wildman–Crippen LogP) is 3.29. The number of aromatic nitrogens is 1. The van der Waals surface area contributed by atoms with Gasteiger partial charge in [0.1, 0.15) is 0 Å². The Labute approximate surface area is 190 Å². The first-order valence-corrected chi connectivity index (χ1v) is 12.7. The standard InChI is InChI=1S/C24H30N4O3S/c1-16-5-8-21-22(11-16)24(2,3)28(23(21)29)19-12-18(13-25-14-19)26(4)17-9-10-27(15-17)32(30,31)20-6-7-20/h5,8,11-14,17,20H,6-7,9-10,15H2,1-4H3. The third-order valence-corrected chi connectivity index (χ3v) is 9.55. The maximum absolute atomic E-state index is 13.3. The van der Waals surface area contributed by atoms with Gasteiger partial charge in [0.25, 0.3) is 5.91 Å². The van der Waals surface area contributed by atoms with Crippen LogP contribution in [0.4, 0.5) is 11.4 Å². The highest BCUT2D eigenvalue weighted by atomic mass is 32.2. The molecule has 0 bridgehead atoms. The van der Waals surface area contributed by atoms with Crippen molar-refractivity contribution in [1.29, 1.82) is 0 Å². The lowest BCUT2D eigenvalue weighted by Gasteiger charge is -2.33. The molecule has 2 aliphatic heterocycles. The van der Waals surface area contributed by atoms with E-state index in [4.69, 9.17) is 0 Å². The summed E-state index contributed by atoms with van der Waals surface area (Å²) < 4.78 is 26.9. The number of benzene rings is 1. The summed E-state index contributed by atoms with van der Waals surface area (Å²) in [5, 5.41) is -0.176. The van der Waals surface area contributed by atoms with E-state index in [2.05, 4.69) is 29.8 Å². The minimum atomic E-state index is -3.15. The number of sulfonamides is 1. The third kappa shape index (κ3) is 3.31. The van der Waals surface area contributed by atoms with Crippen LogP contribution in [0, 0.1) is 6.92 Å². The van der Waals surface area contributed by atoms with Crippen molar-refractivity contribution in [2.75, 3.05) is 29.9 Å². The molecule has 1 aromatic carbocycles. The minimum absolute atomic E-state index is 0.0193. The molecular weight excluding hydrogens is 424 g/mol. The summed E-state index contributed by atoms with van der Waals surface area (Å²) in [5.74, 6) is -0.0193. The molecule has 1 saturated carbocycles. The molecule has 3 aliphatic rings. The van der Waals surface area contributed by atoms with Crippen LogP contribution in [0.3, 0.4) is 0 Å². The van der Waals surface area contributed by atoms with E-state index in [1.165, 1.54) is 0 Å². The normalized spacial score (nSPS) is 22.9. The number of hydrogen-bond donors (Lipinski definition) is 0. The highest BCUT2D eigenvalue weighted by molar-refractivity contribution is 7.90. The smallest absolute Gasteiger partial charge is 0.259 e. The van der Waals surface area contributed by atoms with Gasteiger partial charge in [0.2, 0.25) is 10.0 Å². The Morgan fingerprint density at radius 2 is 1.88 bits per heavy atom. The van der Waals surface area contributed by atoms with Gasteiger partial charge < -0.3 is 4.90 Å². The molecule has 1 unspecified atom stereocenters. The van der Waals surface area contributed by atoms with Crippen LogP contribution in [-0.2, 0) is 15.6 Å². The van der Waals surface area contributed by atoms with Crippen LogP contribution in [0.2, 0.25) is 0 Å². The first-order chi connectivity index (χ1) is 15.1. The lowest BCUT2D eigenvalue weighted by molar-refractivity contribution is 0.0982. The van der Waals surface area contributed by atoms with Crippen molar-refractivity contribution >= 4 is 27.3 Å². The molecule has 1 atom stereocenters. The topological polar surface area (TPSA) is 73.8 Å². The second-order valence-corrected chi connectivity index (χ2v) is 12.0. The van der Waals surface area contributed by atoms with Crippen molar-refractivity contribution in [3.63, 3.8) is 0 Å². The van der Waals surface area contributed by atoms with E-state index in [-0.39, 0.29) is 17.2 Å².